The van der Waals surface area contributed by atoms with E-state index in [0.717, 1.165) is 13.0 Å². The standard InChI is InChI=1S/C10H15BrN2O/c1-10(2,3)4-5-13-7-12-6-8(11)9(13)14/h6-7H,4-5H2,1-3H3. The molecule has 0 amide bonds. The van der Waals surface area contributed by atoms with E-state index in [0.29, 0.717) is 4.47 Å². The van der Waals surface area contributed by atoms with E-state index in [1.54, 1.807) is 10.9 Å². The first-order valence-electron chi connectivity index (χ1n) is 4.60. The van der Waals surface area contributed by atoms with Gasteiger partial charge in [-0.2, -0.15) is 0 Å². The fourth-order valence-corrected chi connectivity index (χ4v) is 1.39. The van der Waals surface area contributed by atoms with Crippen molar-refractivity contribution < 1.29 is 0 Å². The number of hydrogen-bond donors (Lipinski definition) is 0. The maximum Gasteiger partial charge on any atom is 0.267 e. The van der Waals surface area contributed by atoms with Gasteiger partial charge in [-0.15, -0.1) is 0 Å². The average Bonchev–Trinajstić information content (AvgIpc) is 2.06. The summed E-state index contributed by atoms with van der Waals surface area (Å²) in [6.07, 6.45) is 4.07. The molecule has 0 radical (unpaired) electrons. The lowest BCUT2D eigenvalue weighted by atomic mass is 9.92. The molecule has 1 aromatic heterocycles. The Morgan fingerprint density at radius 1 is 1.50 bits per heavy atom. The Morgan fingerprint density at radius 3 is 2.71 bits per heavy atom. The molecule has 0 aliphatic rings. The predicted molar refractivity (Wildman–Crippen MR) is 60.3 cm³/mol. The zero-order valence-corrected chi connectivity index (χ0v) is 10.3. The second-order valence-corrected chi connectivity index (χ2v) is 5.41. The second kappa shape index (κ2) is 4.26. The first-order valence-corrected chi connectivity index (χ1v) is 5.39. The monoisotopic (exact) mass is 258 g/mol. The van der Waals surface area contributed by atoms with Crippen LogP contribution in [0.2, 0.25) is 0 Å². The summed E-state index contributed by atoms with van der Waals surface area (Å²) in [4.78, 5) is 15.5. The van der Waals surface area contributed by atoms with Crippen LogP contribution >= 0.6 is 15.9 Å². The number of nitrogens with zero attached hydrogens (tertiary/aromatic N) is 2. The molecule has 0 atom stereocenters. The van der Waals surface area contributed by atoms with Crippen molar-refractivity contribution in [2.75, 3.05) is 0 Å². The molecule has 1 heterocycles. The van der Waals surface area contributed by atoms with E-state index in [2.05, 4.69) is 41.7 Å². The Balaban J connectivity index is 2.78. The molecule has 4 heteroatoms. The number of aromatic nitrogens is 2. The average molecular weight is 259 g/mol. The van der Waals surface area contributed by atoms with Crippen molar-refractivity contribution in [1.82, 2.24) is 9.55 Å². The molecular weight excluding hydrogens is 244 g/mol. The Kier molecular flexibility index (Phi) is 3.48. The van der Waals surface area contributed by atoms with Gasteiger partial charge in [0.05, 0.1) is 6.33 Å². The number of aryl methyl sites for hydroxylation is 1. The van der Waals surface area contributed by atoms with Crippen molar-refractivity contribution in [3.05, 3.63) is 27.4 Å². The Hall–Kier alpha value is -0.640. The van der Waals surface area contributed by atoms with Crippen LogP contribution in [0.3, 0.4) is 0 Å². The third kappa shape index (κ3) is 3.25. The minimum absolute atomic E-state index is 0.00995. The van der Waals surface area contributed by atoms with Gasteiger partial charge in [-0.1, -0.05) is 20.8 Å². The van der Waals surface area contributed by atoms with Gasteiger partial charge in [0.1, 0.15) is 4.47 Å². The molecule has 78 valence electrons. The summed E-state index contributed by atoms with van der Waals surface area (Å²) < 4.78 is 2.16. The lowest BCUT2D eigenvalue weighted by molar-refractivity contribution is 0.346. The number of hydrogen-bond acceptors (Lipinski definition) is 2. The molecule has 0 N–H and O–H groups in total. The van der Waals surface area contributed by atoms with E-state index < -0.39 is 0 Å². The van der Waals surface area contributed by atoms with Gasteiger partial charge in [0.25, 0.3) is 5.56 Å². The van der Waals surface area contributed by atoms with Crippen LogP contribution in [0, 0.1) is 5.41 Å². The van der Waals surface area contributed by atoms with E-state index in [-0.39, 0.29) is 11.0 Å². The Bertz CT molecular complexity index is 365. The summed E-state index contributed by atoms with van der Waals surface area (Å²) in [6.45, 7) is 7.19. The summed E-state index contributed by atoms with van der Waals surface area (Å²) in [7, 11) is 0. The summed E-state index contributed by atoms with van der Waals surface area (Å²) in [5.74, 6) is 0. The summed E-state index contributed by atoms with van der Waals surface area (Å²) in [5.41, 5.74) is 0.228. The first kappa shape index (κ1) is 11.4. The summed E-state index contributed by atoms with van der Waals surface area (Å²) in [6, 6.07) is 0. The van der Waals surface area contributed by atoms with Crippen molar-refractivity contribution in [2.24, 2.45) is 5.41 Å². The smallest absolute Gasteiger partial charge is 0.267 e. The highest BCUT2D eigenvalue weighted by molar-refractivity contribution is 9.10. The van der Waals surface area contributed by atoms with Crippen LogP contribution in [0.5, 0.6) is 0 Å². The van der Waals surface area contributed by atoms with Gasteiger partial charge >= 0.3 is 0 Å². The SMILES string of the molecule is CC(C)(C)CCn1cncc(Br)c1=O. The zero-order valence-electron chi connectivity index (χ0n) is 8.75. The Morgan fingerprint density at radius 2 is 2.14 bits per heavy atom. The molecule has 1 aromatic rings. The van der Waals surface area contributed by atoms with Crippen molar-refractivity contribution in [3.8, 4) is 0 Å². The van der Waals surface area contributed by atoms with Crippen LogP contribution in [0.25, 0.3) is 0 Å². The van der Waals surface area contributed by atoms with E-state index >= 15 is 0 Å². The molecule has 0 saturated heterocycles. The van der Waals surface area contributed by atoms with Gasteiger partial charge in [0, 0.05) is 12.7 Å². The van der Waals surface area contributed by atoms with Crippen LogP contribution in [0.1, 0.15) is 27.2 Å². The van der Waals surface area contributed by atoms with Crippen LogP contribution in [0.4, 0.5) is 0 Å². The molecule has 0 aliphatic carbocycles. The number of halogens is 1. The third-order valence-corrected chi connectivity index (χ3v) is 2.51. The molecule has 0 aliphatic heterocycles. The molecular formula is C10H15BrN2O. The molecule has 1 rings (SSSR count). The van der Waals surface area contributed by atoms with Crippen molar-refractivity contribution in [3.63, 3.8) is 0 Å². The van der Waals surface area contributed by atoms with Crippen LogP contribution < -0.4 is 5.56 Å². The maximum atomic E-state index is 11.6. The molecule has 0 fully saturated rings. The fourth-order valence-electron chi connectivity index (χ4n) is 1.04. The van der Waals surface area contributed by atoms with Gasteiger partial charge in [-0.25, -0.2) is 4.98 Å². The molecule has 14 heavy (non-hydrogen) atoms. The number of rotatable bonds is 2. The molecule has 0 bridgehead atoms. The summed E-state index contributed by atoms with van der Waals surface area (Å²) >= 11 is 3.17. The van der Waals surface area contributed by atoms with Crippen LogP contribution in [-0.2, 0) is 6.54 Å². The minimum Gasteiger partial charge on any atom is -0.298 e. The highest BCUT2D eigenvalue weighted by atomic mass is 79.9. The van der Waals surface area contributed by atoms with Crippen LogP contribution in [0.15, 0.2) is 21.8 Å². The molecule has 0 unspecified atom stereocenters. The van der Waals surface area contributed by atoms with Gasteiger partial charge in [-0.05, 0) is 27.8 Å². The van der Waals surface area contributed by atoms with Gasteiger partial charge in [0.15, 0.2) is 0 Å². The highest BCUT2D eigenvalue weighted by Gasteiger charge is 2.10. The van der Waals surface area contributed by atoms with E-state index in [1.807, 2.05) is 0 Å². The lowest BCUT2D eigenvalue weighted by Crippen LogP contribution is -2.23. The molecule has 0 aromatic carbocycles. The third-order valence-electron chi connectivity index (χ3n) is 1.96. The normalized spacial score (nSPS) is 11.7. The topological polar surface area (TPSA) is 34.9 Å². The minimum atomic E-state index is -0.00995. The molecule has 3 nitrogen and oxygen atoms in total. The van der Waals surface area contributed by atoms with Crippen molar-refractivity contribution >= 4 is 15.9 Å². The van der Waals surface area contributed by atoms with E-state index in [1.165, 1.54) is 6.20 Å². The van der Waals surface area contributed by atoms with Crippen molar-refractivity contribution in [1.29, 1.82) is 0 Å². The predicted octanol–water partition coefficient (Wildman–Crippen LogP) is 2.44. The quantitative estimate of drug-likeness (QED) is 0.817. The summed E-state index contributed by atoms with van der Waals surface area (Å²) in [5, 5.41) is 0. The Labute approximate surface area is 92.3 Å². The molecule has 0 saturated carbocycles. The maximum absolute atomic E-state index is 11.6. The van der Waals surface area contributed by atoms with E-state index in [9.17, 15) is 4.79 Å². The first-order chi connectivity index (χ1) is 6.40. The molecule has 0 spiro atoms. The van der Waals surface area contributed by atoms with E-state index in [4.69, 9.17) is 0 Å². The van der Waals surface area contributed by atoms with Gasteiger partial charge in [-0.3, -0.25) is 9.36 Å². The van der Waals surface area contributed by atoms with Gasteiger partial charge < -0.3 is 0 Å². The van der Waals surface area contributed by atoms with Crippen LogP contribution in [-0.4, -0.2) is 9.55 Å². The largest absolute Gasteiger partial charge is 0.298 e. The second-order valence-electron chi connectivity index (χ2n) is 4.55. The highest BCUT2D eigenvalue weighted by Crippen LogP contribution is 2.18. The zero-order chi connectivity index (χ0) is 10.8. The fraction of sp³-hybridized carbons (Fsp3) is 0.600. The van der Waals surface area contributed by atoms with Gasteiger partial charge in [0.2, 0.25) is 0 Å². The van der Waals surface area contributed by atoms with Crippen molar-refractivity contribution in [2.45, 2.75) is 33.7 Å². The lowest BCUT2D eigenvalue weighted by Gasteiger charge is -2.18.